The second-order valence-electron chi connectivity index (χ2n) is 5.60. The SMILES string of the molecule is CC(C)(CCC(=O)NC1(C#N)CCSCC1)C(N)=O. The van der Waals surface area contributed by atoms with Crippen LogP contribution in [-0.4, -0.2) is 28.9 Å². The van der Waals surface area contributed by atoms with Gasteiger partial charge >= 0.3 is 0 Å². The normalized spacial score (nSPS) is 18.4. The topological polar surface area (TPSA) is 96.0 Å². The molecule has 0 radical (unpaired) electrons. The minimum Gasteiger partial charge on any atom is -0.369 e. The molecular weight excluding hydrogens is 262 g/mol. The van der Waals surface area contributed by atoms with Crippen molar-refractivity contribution < 1.29 is 9.59 Å². The molecule has 0 spiro atoms. The molecule has 5 nitrogen and oxygen atoms in total. The van der Waals surface area contributed by atoms with Crippen LogP contribution in [0, 0.1) is 16.7 Å². The summed E-state index contributed by atoms with van der Waals surface area (Å²) in [5.74, 6) is 1.19. The lowest BCUT2D eigenvalue weighted by atomic mass is 9.86. The van der Waals surface area contributed by atoms with Crippen LogP contribution >= 0.6 is 11.8 Å². The van der Waals surface area contributed by atoms with Crippen LogP contribution in [-0.2, 0) is 9.59 Å². The molecule has 1 aliphatic rings. The Balaban J connectivity index is 2.51. The summed E-state index contributed by atoms with van der Waals surface area (Å²) >= 11 is 1.80. The molecule has 1 heterocycles. The van der Waals surface area contributed by atoms with Gasteiger partial charge in [0, 0.05) is 11.8 Å². The van der Waals surface area contributed by atoms with Crippen molar-refractivity contribution in [3.05, 3.63) is 0 Å². The fourth-order valence-corrected chi connectivity index (χ4v) is 3.05. The highest BCUT2D eigenvalue weighted by Crippen LogP contribution is 2.27. The first-order chi connectivity index (χ1) is 8.81. The Kier molecular flexibility index (Phi) is 5.24. The number of nitrogens with one attached hydrogen (secondary N) is 1. The van der Waals surface area contributed by atoms with Gasteiger partial charge in [-0.15, -0.1) is 0 Å². The number of rotatable bonds is 5. The Morgan fingerprint density at radius 2 is 2.00 bits per heavy atom. The van der Waals surface area contributed by atoms with Gasteiger partial charge in [0.15, 0.2) is 0 Å². The summed E-state index contributed by atoms with van der Waals surface area (Å²) in [5, 5.41) is 12.1. The Bertz CT molecular complexity index is 395. The summed E-state index contributed by atoms with van der Waals surface area (Å²) in [6.07, 6.45) is 1.97. The molecule has 6 heteroatoms. The fraction of sp³-hybridized carbons (Fsp3) is 0.769. The molecule has 19 heavy (non-hydrogen) atoms. The molecule has 0 bridgehead atoms. The average Bonchev–Trinajstić information content (AvgIpc) is 2.37. The van der Waals surface area contributed by atoms with Gasteiger partial charge in [0.25, 0.3) is 0 Å². The monoisotopic (exact) mass is 283 g/mol. The largest absolute Gasteiger partial charge is 0.369 e. The molecule has 0 aromatic carbocycles. The summed E-state index contributed by atoms with van der Waals surface area (Å²) in [7, 11) is 0. The number of primary amides is 1. The van der Waals surface area contributed by atoms with Crippen molar-refractivity contribution in [3.63, 3.8) is 0 Å². The van der Waals surface area contributed by atoms with E-state index in [-0.39, 0.29) is 12.3 Å². The highest BCUT2D eigenvalue weighted by atomic mass is 32.2. The second kappa shape index (κ2) is 6.29. The summed E-state index contributed by atoms with van der Waals surface area (Å²) in [6, 6.07) is 2.23. The van der Waals surface area contributed by atoms with E-state index in [0.717, 1.165) is 11.5 Å². The number of nitrogens with zero attached hydrogens (tertiary/aromatic N) is 1. The first kappa shape index (κ1) is 15.8. The van der Waals surface area contributed by atoms with Crippen LogP contribution in [0.5, 0.6) is 0 Å². The number of nitriles is 1. The number of nitrogens with two attached hydrogens (primary N) is 1. The van der Waals surface area contributed by atoms with Crippen molar-refractivity contribution >= 4 is 23.6 Å². The third-order valence-electron chi connectivity index (χ3n) is 3.58. The van der Waals surface area contributed by atoms with Gasteiger partial charge < -0.3 is 11.1 Å². The van der Waals surface area contributed by atoms with Gasteiger partial charge in [-0.1, -0.05) is 13.8 Å². The summed E-state index contributed by atoms with van der Waals surface area (Å²) in [6.45, 7) is 3.44. The minimum atomic E-state index is -0.723. The quantitative estimate of drug-likeness (QED) is 0.792. The molecule has 1 aliphatic heterocycles. The summed E-state index contributed by atoms with van der Waals surface area (Å²) in [4.78, 5) is 23.1. The molecule has 1 rings (SSSR count). The van der Waals surface area contributed by atoms with E-state index >= 15 is 0 Å². The Labute approximate surface area is 118 Å². The zero-order valence-corrected chi connectivity index (χ0v) is 12.3. The molecule has 3 N–H and O–H groups in total. The van der Waals surface area contributed by atoms with Crippen molar-refractivity contribution in [2.75, 3.05) is 11.5 Å². The van der Waals surface area contributed by atoms with E-state index in [4.69, 9.17) is 5.73 Å². The molecule has 1 saturated heterocycles. The van der Waals surface area contributed by atoms with Crippen molar-refractivity contribution in [1.82, 2.24) is 5.32 Å². The summed E-state index contributed by atoms with van der Waals surface area (Å²) < 4.78 is 0. The maximum atomic E-state index is 11.9. The Morgan fingerprint density at radius 1 is 1.42 bits per heavy atom. The van der Waals surface area contributed by atoms with Crippen LogP contribution in [0.25, 0.3) is 0 Å². The highest BCUT2D eigenvalue weighted by Gasteiger charge is 2.34. The maximum absolute atomic E-state index is 11.9. The highest BCUT2D eigenvalue weighted by molar-refractivity contribution is 7.99. The van der Waals surface area contributed by atoms with Crippen molar-refractivity contribution in [3.8, 4) is 6.07 Å². The Morgan fingerprint density at radius 3 is 2.47 bits per heavy atom. The molecule has 0 atom stereocenters. The number of hydrogen-bond donors (Lipinski definition) is 2. The number of hydrogen-bond acceptors (Lipinski definition) is 4. The van der Waals surface area contributed by atoms with Gasteiger partial charge in [0.2, 0.25) is 11.8 Å². The minimum absolute atomic E-state index is 0.178. The fourth-order valence-electron chi connectivity index (χ4n) is 1.86. The van der Waals surface area contributed by atoms with Crippen LogP contribution in [0.1, 0.15) is 39.5 Å². The van der Waals surface area contributed by atoms with Gasteiger partial charge in [0.05, 0.1) is 6.07 Å². The summed E-state index contributed by atoms with van der Waals surface area (Å²) in [5.41, 5.74) is 3.85. The first-order valence-corrected chi connectivity index (χ1v) is 7.57. The lowest BCUT2D eigenvalue weighted by Crippen LogP contribution is -2.50. The van der Waals surface area contributed by atoms with Crippen LogP contribution in [0.15, 0.2) is 0 Å². The number of thioether (sulfide) groups is 1. The van der Waals surface area contributed by atoms with Gasteiger partial charge in [-0.25, -0.2) is 0 Å². The smallest absolute Gasteiger partial charge is 0.223 e. The molecule has 1 fully saturated rings. The van der Waals surface area contributed by atoms with Crippen LogP contribution in [0.4, 0.5) is 0 Å². The van der Waals surface area contributed by atoms with Gasteiger partial charge in [-0.2, -0.15) is 17.0 Å². The molecule has 0 aliphatic carbocycles. The van der Waals surface area contributed by atoms with E-state index in [9.17, 15) is 14.9 Å². The molecule has 106 valence electrons. The van der Waals surface area contributed by atoms with Gasteiger partial charge in [-0.3, -0.25) is 9.59 Å². The molecule has 2 amide bonds. The lowest BCUT2D eigenvalue weighted by molar-refractivity contribution is -0.127. The predicted molar refractivity (Wildman–Crippen MR) is 75.3 cm³/mol. The van der Waals surface area contributed by atoms with E-state index in [2.05, 4.69) is 11.4 Å². The molecule has 0 saturated carbocycles. The van der Waals surface area contributed by atoms with Gasteiger partial charge in [0.1, 0.15) is 5.54 Å². The van der Waals surface area contributed by atoms with Crippen LogP contribution in [0.3, 0.4) is 0 Å². The molecule has 0 aromatic heterocycles. The standard InChI is InChI=1S/C13H21N3O2S/c1-12(2,11(15)18)4-3-10(17)16-13(9-14)5-7-19-8-6-13/h3-8H2,1-2H3,(H2,15,18)(H,16,17). The second-order valence-corrected chi connectivity index (χ2v) is 6.83. The zero-order chi connectivity index (χ0) is 14.5. The third-order valence-corrected chi connectivity index (χ3v) is 4.57. The molecule has 0 aromatic rings. The molecular formula is C13H21N3O2S. The maximum Gasteiger partial charge on any atom is 0.223 e. The van der Waals surface area contributed by atoms with E-state index in [1.807, 2.05) is 0 Å². The van der Waals surface area contributed by atoms with E-state index in [1.165, 1.54) is 0 Å². The number of amides is 2. The number of carbonyl (C=O) groups is 2. The predicted octanol–water partition coefficient (Wildman–Crippen LogP) is 1.18. The van der Waals surface area contributed by atoms with E-state index in [1.54, 1.807) is 25.6 Å². The van der Waals surface area contributed by atoms with E-state index in [0.29, 0.717) is 19.3 Å². The van der Waals surface area contributed by atoms with E-state index < -0.39 is 16.9 Å². The zero-order valence-electron chi connectivity index (χ0n) is 11.5. The lowest BCUT2D eigenvalue weighted by Gasteiger charge is -2.31. The van der Waals surface area contributed by atoms with Crippen molar-refractivity contribution in [1.29, 1.82) is 5.26 Å². The van der Waals surface area contributed by atoms with Gasteiger partial charge in [-0.05, 0) is 30.8 Å². The van der Waals surface area contributed by atoms with Crippen molar-refractivity contribution in [2.45, 2.75) is 45.1 Å². The van der Waals surface area contributed by atoms with Crippen LogP contribution in [0.2, 0.25) is 0 Å². The Hall–Kier alpha value is -1.22. The third kappa shape index (κ3) is 4.43. The van der Waals surface area contributed by atoms with Crippen molar-refractivity contribution in [2.24, 2.45) is 11.1 Å². The first-order valence-electron chi connectivity index (χ1n) is 6.41. The number of carbonyl (C=O) groups excluding carboxylic acids is 2. The van der Waals surface area contributed by atoms with Crippen LogP contribution < -0.4 is 11.1 Å². The average molecular weight is 283 g/mol. The molecule has 0 unspecified atom stereocenters.